The van der Waals surface area contributed by atoms with Gasteiger partial charge >= 0.3 is 12.1 Å². The van der Waals surface area contributed by atoms with Gasteiger partial charge in [0.15, 0.2) is 0 Å². The second-order valence-corrected chi connectivity index (χ2v) is 10.3. The van der Waals surface area contributed by atoms with Gasteiger partial charge in [0.2, 0.25) is 5.91 Å². The smallest absolute Gasteiger partial charge is 0.407 e. The van der Waals surface area contributed by atoms with Crippen LogP contribution in [0, 0.1) is 5.92 Å². The SMILES string of the molecule is O=C(O)C[C@@H]1CC[C@H](NC(=O)CC2(NC(=O)OCC3c4ccccc4-c4ccccc43)CCC2)C1. The van der Waals surface area contributed by atoms with Crippen molar-refractivity contribution < 1.29 is 24.2 Å². The summed E-state index contributed by atoms with van der Waals surface area (Å²) in [6, 6.07) is 16.4. The summed E-state index contributed by atoms with van der Waals surface area (Å²) in [5.74, 6) is -0.767. The van der Waals surface area contributed by atoms with Crippen molar-refractivity contribution in [1.29, 1.82) is 0 Å². The van der Waals surface area contributed by atoms with Crippen LogP contribution in [0.15, 0.2) is 48.5 Å². The molecule has 2 fully saturated rings. The summed E-state index contributed by atoms with van der Waals surface area (Å²) in [4.78, 5) is 36.5. The molecule has 5 rings (SSSR count). The molecule has 0 saturated heterocycles. The highest BCUT2D eigenvalue weighted by molar-refractivity contribution is 5.80. The number of carbonyl (C=O) groups excluding carboxylic acids is 2. The number of carboxylic acids is 1. The van der Waals surface area contributed by atoms with Gasteiger partial charge in [0.1, 0.15) is 6.61 Å². The fourth-order valence-electron chi connectivity index (χ4n) is 6.02. The van der Waals surface area contributed by atoms with E-state index in [0.29, 0.717) is 6.42 Å². The molecule has 7 nitrogen and oxygen atoms in total. The number of aliphatic carboxylic acids is 1. The number of carbonyl (C=O) groups is 3. The molecular formula is C28H32N2O5. The number of rotatable bonds is 8. The molecule has 0 aliphatic heterocycles. The molecule has 3 aliphatic carbocycles. The van der Waals surface area contributed by atoms with Crippen molar-refractivity contribution in [2.75, 3.05) is 6.61 Å². The number of fused-ring (bicyclic) bond motifs is 3. The normalized spacial score (nSPS) is 21.9. The third-order valence-corrected chi connectivity index (χ3v) is 7.89. The first-order valence-electron chi connectivity index (χ1n) is 12.6. The summed E-state index contributed by atoms with van der Waals surface area (Å²) in [7, 11) is 0. The third-order valence-electron chi connectivity index (χ3n) is 7.89. The van der Waals surface area contributed by atoms with E-state index in [9.17, 15) is 14.4 Å². The van der Waals surface area contributed by atoms with Gasteiger partial charge < -0.3 is 20.5 Å². The monoisotopic (exact) mass is 476 g/mol. The number of benzene rings is 2. The van der Waals surface area contributed by atoms with Gasteiger partial charge in [0, 0.05) is 24.8 Å². The minimum Gasteiger partial charge on any atom is -0.481 e. The van der Waals surface area contributed by atoms with Gasteiger partial charge in [0.05, 0.1) is 5.54 Å². The molecule has 0 heterocycles. The van der Waals surface area contributed by atoms with Crippen LogP contribution in [-0.2, 0) is 14.3 Å². The Morgan fingerprint density at radius 3 is 2.23 bits per heavy atom. The Morgan fingerprint density at radius 1 is 0.971 bits per heavy atom. The van der Waals surface area contributed by atoms with E-state index >= 15 is 0 Å². The van der Waals surface area contributed by atoms with Gasteiger partial charge in [-0.3, -0.25) is 9.59 Å². The molecule has 0 radical (unpaired) electrons. The molecule has 3 aliphatic rings. The molecular weight excluding hydrogens is 444 g/mol. The van der Waals surface area contributed by atoms with Crippen LogP contribution in [-0.4, -0.2) is 41.3 Å². The Morgan fingerprint density at radius 2 is 1.63 bits per heavy atom. The number of nitrogens with one attached hydrogen (secondary N) is 2. The first kappa shape index (κ1) is 23.4. The summed E-state index contributed by atoms with van der Waals surface area (Å²) in [6.07, 6.45) is 4.66. The van der Waals surface area contributed by atoms with Gasteiger partial charge in [-0.1, -0.05) is 48.5 Å². The zero-order valence-corrected chi connectivity index (χ0v) is 19.8. The molecule has 2 aromatic rings. The highest BCUT2D eigenvalue weighted by atomic mass is 16.5. The van der Waals surface area contributed by atoms with E-state index in [4.69, 9.17) is 9.84 Å². The Kier molecular flexibility index (Phi) is 6.50. The van der Waals surface area contributed by atoms with Crippen molar-refractivity contribution in [3.63, 3.8) is 0 Å². The van der Waals surface area contributed by atoms with Crippen LogP contribution in [0.1, 0.15) is 68.4 Å². The number of hydrogen-bond acceptors (Lipinski definition) is 4. The summed E-state index contributed by atoms with van der Waals surface area (Å²) < 4.78 is 5.70. The minimum atomic E-state index is -0.789. The molecule has 2 atom stereocenters. The van der Waals surface area contributed by atoms with E-state index in [0.717, 1.165) is 43.2 Å². The quantitative estimate of drug-likeness (QED) is 0.517. The molecule has 0 spiro atoms. The summed E-state index contributed by atoms with van der Waals surface area (Å²) in [5, 5.41) is 15.0. The molecule has 184 valence electrons. The molecule has 2 amide bonds. The molecule has 0 aromatic heterocycles. The van der Waals surface area contributed by atoms with E-state index in [1.807, 2.05) is 24.3 Å². The lowest BCUT2D eigenvalue weighted by atomic mass is 9.74. The van der Waals surface area contributed by atoms with Crippen LogP contribution in [0.25, 0.3) is 11.1 Å². The predicted molar refractivity (Wildman–Crippen MR) is 131 cm³/mol. The Balaban J connectivity index is 1.15. The standard InChI is InChI=1S/C28H32N2O5/c31-25(29-19-11-10-18(14-19)15-26(32)33)16-28(12-5-13-28)30-27(34)35-17-24-22-8-3-1-6-20(22)21-7-2-4-9-23(21)24/h1-4,6-9,18-19,24H,5,10-17H2,(H,29,31)(H,30,34)(H,32,33)/t18-,19+/m1/s1. The highest BCUT2D eigenvalue weighted by Gasteiger charge is 2.41. The highest BCUT2D eigenvalue weighted by Crippen LogP contribution is 2.44. The van der Waals surface area contributed by atoms with Gasteiger partial charge in [-0.05, 0) is 66.7 Å². The molecule has 2 saturated carbocycles. The third kappa shape index (κ3) is 5.04. The van der Waals surface area contributed by atoms with E-state index in [1.54, 1.807) is 0 Å². The van der Waals surface area contributed by atoms with E-state index < -0.39 is 17.6 Å². The Hall–Kier alpha value is -3.35. The molecule has 2 aromatic carbocycles. The first-order chi connectivity index (χ1) is 16.9. The largest absolute Gasteiger partial charge is 0.481 e. The number of hydrogen-bond donors (Lipinski definition) is 3. The van der Waals surface area contributed by atoms with Gasteiger partial charge in [-0.2, -0.15) is 0 Å². The first-order valence-corrected chi connectivity index (χ1v) is 12.6. The number of alkyl carbamates (subject to hydrolysis) is 1. The maximum atomic E-state index is 12.8. The van der Waals surface area contributed by atoms with Gasteiger partial charge in [0.25, 0.3) is 0 Å². The maximum Gasteiger partial charge on any atom is 0.407 e. The Bertz CT molecular complexity index is 1080. The van der Waals surface area contributed by atoms with Crippen molar-refractivity contribution in [2.24, 2.45) is 5.92 Å². The van der Waals surface area contributed by atoms with Crippen LogP contribution >= 0.6 is 0 Å². The lowest BCUT2D eigenvalue weighted by Crippen LogP contribution is -2.56. The lowest BCUT2D eigenvalue weighted by Gasteiger charge is -2.41. The fourth-order valence-corrected chi connectivity index (χ4v) is 6.02. The maximum absolute atomic E-state index is 12.8. The molecule has 35 heavy (non-hydrogen) atoms. The number of carboxylic acid groups (broad SMARTS) is 1. The number of ether oxygens (including phenoxy) is 1. The zero-order valence-electron chi connectivity index (χ0n) is 19.8. The van der Waals surface area contributed by atoms with Gasteiger partial charge in [-0.15, -0.1) is 0 Å². The van der Waals surface area contributed by atoms with Crippen molar-refractivity contribution in [1.82, 2.24) is 10.6 Å². The minimum absolute atomic E-state index is 0.00472. The van der Waals surface area contributed by atoms with Crippen molar-refractivity contribution in [3.8, 4) is 11.1 Å². The fraction of sp³-hybridized carbons (Fsp3) is 0.464. The average molecular weight is 477 g/mol. The van der Waals surface area contributed by atoms with Crippen LogP contribution in [0.5, 0.6) is 0 Å². The van der Waals surface area contributed by atoms with Gasteiger partial charge in [-0.25, -0.2) is 4.79 Å². The molecule has 7 heteroatoms. The van der Waals surface area contributed by atoms with Crippen molar-refractivity contribution >= 4 is 18.0 Å². The topological polar surface area (TPSA) is 105 Å². The summed E-state index contributed by atoms with van der Waals surface area (Å²) in [6.45, 7) is 0.245. The second-order valence-electron chi connectivity index (χ2n) is 10.3. The van der Waals surface area contributed by atoms with Crippen LogP contribution < -0.4 is 10.6 Å². The molecule has 3 N–H and O–H groups in total. The summed E-state index contributed by atoms with van der Waals surface area (Å²) in [5.41, 5.74) is 4.13. The molecule has 0 bridgehead atoms. The average Bonchev–Trinajstić information content (AvgIpc) is 3.37. The zero-order chi connectivity index (χ0) is 24.4. The van der Waals surface area contributed by atoms with Crippen LogP contribution in [0.4, 0.5) is 4.79 Å². The van der Waals surface area contributed by atoms with E-state index in [1.165, 1.54) is 11.1 Å². The number of amides is 2. The van der Waals surface area contributed by atoms with Crippen LogP contribution in [0.3, 0.4) is 0 Å². The second kappa shape index (κ2) is 9.72. The molecule has 0 unspecified atom stereocenters. The Labute approximate surface area is 205 Å². The van der Waals surface area contributed by atoms with E-state index in [-0.39, 0.29) is 43.2 Å². The van der Waals surface area contributed by atoms with Crippen LogP contribution in [0.2, 0.25) is 0 Å². The van der Waals surface area contributed by atoms with Crippen molar-refractivity contribution in [2.45, 2.75) is 68.9 Å². The lowest BCUT2D eigenvalue weighted by molar-refractivity contribution is -0.138. The van der Waals surface area contributed by atoms with Crippen molar-refractivity contribution in [3.05, 3.63) is 59.7 Å². The summed E-state index contributed by atoms with van der Waals surface area (Å²) >= 11 is 0. The van der Waals surface area contributed by atoms with E-state index in [2.05, 4.69) is 34.9 Å². The predicted octanol–water partition coefficient (Wildman–Crippen LogP) is 4.60.